The Morgan fingerprint density at radius 1 is 1.33 bits per heavy atom. The molecule has 1 aromatic rings. The zero-order valence-corrected chi connectivity index (χ0v) is 12.6. The van der Waals surface area contributed by atoms with Gasteiger partial charge in [0.15, 0.2) is 0 Å². The lowest BCUT2D eigenvalue weighted by Crippen LogP contribution is -2.53. The Labute approximate surface area is 126 Å². The van der Waals surface area contributed by atoms with Gasteiger partial charge in [0.2, 0.25) is 5.91 Å². The molecule has 1 aliphatic heterocycles. The molecule has 1 amide bonds. The van der Waals surface area contributed by atoms with Gasteiger partial charge in [0.05, 0.1) is 5.41 Å². The van der Waals surface area contributed by atoms with Crippen LogP contribution >= 0.6 is 0 Å². The lowest BCUT2D eigenvalue weighted by atomic mass is 9.68. The van der Waals surface area contributed by atoms with Crippen molar-refractivity contribution in [1.29, 1.82) is 0 Å². The minimum Gasteiger partial charge on any atom is -0.352 e. The molecule has 0 aromatic heterocycles. The largest absolute Gasteiger partial charge is 0.352 e. The summed E-state index contributed by atoms with van der Waals surface area (Å²) < 4.78 is 0. The molecule has 0 radical (unpaired) electrons. The first-order valence-electron chi connectivity index (χ1n) is 7.99. The minimum absolute atomic E-state index is 0.183. The van der Waals surface area contributed by atoms with Gasteiger partial charge in [0.25, 0.3) is 0 Å². The van der Waals surface area contributed by atoms with Gasteiger partial charge in [-0.3, -0.25) is 9.69 Å². The van der Waals surface area contributed by atoms with Crippen LogP contribution in [0, 0.1) is 5.41 Å². The molecule has 21 heavy (non-hydrogen) atoms. The number of nitrogens with two attached hydrogens (primary N) is 1. The topological polar surface area (TPSA) is 58.4 Å². The summed E-state index contributed by atoms with van der Waals surface area (Å²) in [6.45, 7) is 3.45. The van der Waals surface area contributed by atoms with Crippen LogP contribution in [-0.2, 0) is 11.3 Å². The van der Waals surface area contributed by atoms with Gasteiger partial charge in [-0.2, -0.15) is 0 Å². The second-order valence-electron chi connectivity index (χ2n) is 6.52. The highest BCUT2D eigenvalue weighted by Crippen LogP contribution is 2.40. The van der Waals surface area contributed by atoms with Crippen LogP contribution in [-0.4, -0.2) is 36.5 Å². The van der Waals surface area contributed by atoms with Crippen molar-refractivity contribution in [2.45, 2.75) is 38.3 Å². The number of amides is 1. The molecule has 2 aliphatic rings. The van der Waals surface area contributed by atoms with Gasteiger partial charge in [0, 0.05) is 32.2 Å². The fourth-order valence-electron chi connectivity index (χ4n) is 3.40. The number of carbonyl (C=O) groups is 1. The highest BCUT2D eigenvalue weighted by atomic mass is 16.2. The monoisotopic (exact) mass is 287 g/mol. The number of hydrogen-bond donors (Lipinski definition) is 2. The molecule has 2 fully saturated rings. The van der Waals surface area contributed by atoms with E-state index in [9.17, 15) is 4.79 Å². The molecule has 1 aliphatic carbocycles. The van der Waals surface area contributed by atoms with Crippen molar-refractivity contribution in [3.63, 3.8) is 0 Å². The van der Waals surface area contributed by atoms with E-state index in [1.54, 1.807) is 0 Å². The number of nitrogens with one attached hydrogen (secondary N) is 1. The van der Waals surface area contributed by atoms with Crippen LogP contribution in [0.15, 0.2) is 30.3 Å². The van der Waals surface area contributed by atoms with Crippen LogP contribution in [0.25, 0.3) is 0 Å². The number of carbonyl (C=O) groups excluding carboxylic acids is 1. The summed E-state index contributed by atoms with van der Waals surface area (Å²) in [7, 11) is 0. The van der Waals surface area contributed by atoms with Gasteiger partial charge in [-0.25, -0.2) is 0 Å². The summed E-state index contributed by atoms with van der Waals surface area (Å²) in [4.78, 5) is 14.8. The maximum Gasteiger partial charge on any atom is 0.227 e. The van der Waals surface area contributed by atoms with Gasteiger partial charge in [-0.1, -0.05) is 36.8 Å². The van der Waals surface area contributed by atoms with E-state index in [0.29, 0.717) is 6.54 Å². The predicted octanol–water partition coefficient (Wildman–Crippen LogP) is 1.51. The highest BCUT2D eigenvalue weighted by molar-refractivity contribution is 5.84. The zero-order valence-electron chi connectivity index (χ0n) is 12.6. The normalized spacial score (nSPS) is 24.5. The van der Waals surface area contributed by atoms with Crippen LogP contribution in [0.3, 0.4) is 0 Å². The summed E-state index contributed by atoms with van der Waals surface area (Å²) >= 11 is 0. The molecule has 3 rings (SSSR count). The molecule has 0 bridgehead atoms. The average molecular weight is 287 g/mol. The Morgan fingerprint density at radius 3 is 2.71 bits per heavy atom. The summed E-state index contributed by atoms with van der Waals surface area (Å²) in [5.41, 5.74) is 6.88. The van der Waals surface area contributed by atoms with Gasteiger partial charge in [-0.05, 0) is 24.8 Å². The van der Waals surface area contributed by atoms with E-state index in [1.165, 1.54) is 5.56 Å². The number of hydrogen-bond acceptors (Lipinski definition) is 3. The quantitative estimate of drug-likeness (QED) is 0.863. The van der Waals surface area contributed by atoms with Gasteiger partial charge in [-0.15, -0.1) is 0 Å². The maximum absolute atomic E-state index is 12.4. The van der Waals surface area contributed by atoms with Gasteiger partial charge in [0.1, 0.15) is 0 Å². The van der Waals surface area contributed by atoms with Crippen molar-refractivity contribution in [2.75, 3.05) is 19.6 Å². The molecule has 0 spiro atoms. The first kappa shape index (κ1) is 14.5. The summed E-state index contributed by atoms with van der Waals surface area (Å²) in [6.07, 6.45) is 4.08. The molecular weight excluding hydrogens is 262 g/mol. The molecule has 3 N–H and O–H groups in total. The van der Waals surface area contributed by atoms with E-state index >= 15 is 0 Å². The zero-order chi connectivity index (χ0) is 14.7. The number of nitrogens with zero attached hydrogens (tertiary/aromatic N) is 1. The van der Waals surface area contributed by atoms with Crippen molar-refractivity contribution in [1.82, 2.24) is 10.2 Å². The third-order valence-electron chi connectivity index (χ3n) is 5.04. The Bertz CT molecular complexity index is 479. The maximum atomic E-state index is 12.4. The molecule has 1 aromatic carbocycles. The summed E-state index contributed by atoms with van der Waals surface area (Å²) in [6, 6.07) is 10.8. The standard InChI is InChI=1S/C17H25N3O/c18-13-17(8-4-9-17)16(21)19-15-7-10-20(12-15)11-14-5-2-1-3-6-14/h1-3,5-6,15H,4,7-13,18H2,(H,19,21). The second-order valence-corrected chi connectivity index (χ2v) is 6.52. The Morgan fingerprint density at radius 2 is 2.10 bits per heavy atom. The van der Waals surface area contributed by atoms with E-state index in [-0.39, 0.29) is 17.4 Å². The Balaban J connectivity index is 1.50. The van der Waals surface area contributed by atoms with Crippen molar-refractivity contribution in [3.8, 4) is 0 Å². The SMILES string of the molecule is NCC1(C(=O)NC2CCN(Cc3ccccc3)C2)CCC1. The third-order valence-corrected chi connectivity index (χ3v) is 5.04. The van der Waals surface area contributed by atoms with Gasteiger partial charge >= 0.3 is 0 Å². The van der Waals surface area contributed by atoms with E-state index in [4.69, 9.17) is 5.73 Å². The fraction of sp³-hybridized carbons (Fsp3) is 0.588. The first-order chi connectivity index (χ1) is 10.2. The molecule has 1 saturated carbocycles. The van der Waals surface area contributed by atoms with E-state index in [2.05, 4.69) is 34.5 Å². The van der Waals surface area contributed by atoms with Crippen LogP contribution < -0.4 is 11.1 Å². The molecule has 1 atom stereocenters. The van der Waals surface area contributed by atoms with Crippen LogP contribution in [0.1, 0.15) is 31.2 Å². The van der Waals surface area contributed by atoms with Crippen LogP contribution in [0.2, 0.25) is 0 Å². The van der Waals surface area contributed by atoms with Crippen molar-refractivity contribution < 1.29 is 4.79 Å². The molecule has 114 valence electrons. The molecule has 4 heteroatoms. The summed E-state index contributed by atoms with van der Waals surface area (Å²) in [5.74, 6) is 0.183. The highest BCUT2D eigenvalue weighted by Gasteiger charge is 2.43. The summed E-state index contributed by atoms with van der Waals surface area (Å²) in [5, 5.41) is 3.23. The minimum atomic E-state index is -0.257. The fourth-order valence-corrected chi connectivity index (χ4v) is 3.40. The third kappa shape index (κ3) is 3.11. The predicted molar refractivity (Wildman–Crippen MR) is 83.6 cm³/mol. The number of rotatable bonds is 5. The van der Waals surface area contributed by atoms with Crippen molar-refractivity contribution in [3.05, 3.63) is 35.9 Å². The molecule has 1 heterocycles. The first-order valence-corrected chi connectivity index (χ1v) is 7.99. The van der Waals surface area contributed by atoms with Crippen molar-refractivity contribution in [2.24, 2.45) is 11.1 Å². The van der Waals surface area contributed by atoms with Crippen LogP contribution in [0.4, 0.5) is 0 Å². The molecule has 1 unspecified atom stereocenters. The molecule has 4 nitrogen and oxygen atoms in total. The van der Waals surface area contributed by atoms with Crippen molar-refractivity contribution >= 4 is 5.91 Å². The van der Waals surface area contributed by atoms with Gasteiger partial charge < -0.3 is 11.1 Å². The molecular formula is C17H25N3O. The lowest BCUT2D eigenvalue weighted by Gasteiger charge is -2.39. The number of benzene rings is 1. The Hall–Kier alpha value is -1.39. The smallest absolute Gasteiger partial charge is 0.227 e. The van der Waals surface area contributed by atoms with E-state index in [0.717, 1.165) is 45.3 Å². The van der Waals surface area contributed by atoms with E-state index in [1.807, 2.05) is 6.07 Å². The molecule has 1 saturated heterocycles. The Kier molecular flexibility index (Phi) is 4.27. The lowest BCUT2D eigenvalue weighted by molar-refractivity contribution is -0.135. The average Bonchev–Trinajstić information content (AvgIpc) is 2.86. The number of likely N-dealkylation sites (tertiary alicyclic amines) is 1. The van der Waals surface area contributed by atoms with Crippen LogP contribution in [0.5, 0.6) is 0 Å². The van der Waals surface area contributed by atoms with E-state index < -0.39 is 0 Å². The second kappa shape index (κ2) is 6.16.